The molecule has 6 heterocycles. The second kappa shape index (κ2) is 8.90. The lowest BCUT2D eigenvalue weighted by molar-refractivity contribution is 0.628. The van der Waals surface area contributed by atoms with E-state index < -0.39 is 14.0 Å². The van der Waals surface area contributed by atoms with Crippen molar-refractivity contribution < 1.29 is 17.6 Å². The summed E-state index contributed by atoms with van der Waals surface area (Å²) in [5.41, 5.74) is 12.2. The van der Waals surface area contributed by atoms with E-state index in [2.05, 4.69) is 30.7 Å². The van der Waals surface area contributed by atoms with Gasteiger partial charge in [-0.3, -0.25) is 0 Å². The Hall–Kier alpha value is -6.41. The molecule has 4 nitrogen and oxygen atoms in total. The summed E-state index contributed by atoms with van der Waals surface area (Å²) >= 11 is 0. The average Bonchev–Trinajstić information content (AvgIpc) is 3.88. The van der Waals surface area contributed by atoms with Gasteiger partial charge < -0.3 is 18.6 Å². The molecule has 242 valence electrons. The SMILES string of the molecule is Fc1ccc2c(c1)-c1ccccc1B1N2c2c3c4cc(F)ccc4n4c3c(c3c5cc(F)ccc5n1c23)N1B4c2ccccc2-c2cc(F)ccc21. The predicted octanol–water partition coefficient (Wildman–Crippen LogP) is 9.21. The Kier molecular flexibility index (Phi) is 4.68. The van der Waals surface area contributed by atoms with Crippen LogP contribution in [0.15, 0.2) is 121 Å². The Balaban J connectivity index is 1.30. The molecule has 0 N–H and O–H groups in total. The first-order valence-corrected chi connectivity index (χ1v) is 17.3. The Labute approximate surface area is 293 Å². The van der Waals surface area contributed by atoms with Crippen molar-refractivity contribution in [3.8, 4) is 22.3 Å². The minimum Gasteiger partial charge on any atom is -0.359 e. The maximum atomic E-state index is 15.5. The van der Waals surface area contributed by atoms with E-state index in [1.807, 2.05) is 60.7 Å². The first-order chi connectivity index (χ1) is 25.5. The third-order valence-electron chi connectivity index (χ3n) is 11.8. The van der Waals surface area contributed by atoms with Crippen LogP contribution in [-0.2, 0) is 0 Å². The number of anilines is 4. The van der Waals surface area contributed by atoms with Crippen LogP contribution in [0.2, 0.25) is 0 Å². The molecule has 4 aliphatic heterocycles. The van der Waals surface area contributed by atoms with Gasteiger partial charge >= 0.3 is 14.0 Å². The molecule has 52 heavy (non-hydrogen) atoms. The van der Waals surface area contributed by atoms with Crippen LogP contribution in [-0.4, -0.2) is 22.9 Å². The highest BCUT2D eigenvalue weighted by atomic mass is 19.1. The van der Waals surface area contributed by atoms with Gasteiger partial charge in [0.1, 0.15) is 23.3 Å². The fourth-order valence-electron chi connectivity index (χ4n) is 10.1. The first kappa shape index (κ1) is 27.3. The van der Waals surface area contributed by atoms with Gasteiger partial charge in [-0.15, -0.1) is 0 Å². The van der Waals surface area contributed by atoms with E-state index >= 15 is 17.6 Å². The first-order valence-electron chi connectivity index (χ1n) is 17.3. The summed E-state index contributed by atoms with van der Waals surface area (Å²) in [5.74, 6) is -1.38. The predicted molar refractivity (Wildman–Crippen MR) is 202 cm³/mol. The van der Waals surface area contributed by atoms with Gasteiger partial charge in [-0.2, -0.15) is 0 Å². The van der Waals surface area contributed by atoms with E-state index in [0.717, 1.165) is 99.5 Å². The molecule has 0 saturated heterocycles. The molecule has 0 unspecified atom stereocenters. The molecule has 2 aromatic heterocycles. The van der Waals surface area contributed by atoms with Gasteiger partial charge in [-0.05, 0) is 94.8 Å². The van der Waals surface area contributed by atoms with Gasteiger partial charge in [0.15, 0.2) is 0 Å². The minimum atomic E-state index is -0.390. The Morgan fingerprint density at radius 3 is 1.27 bits per heavy atom. The van der Waals surface area contributed by atoms with Crippen LogP contribution in [0, 0.1) is 23.3 Å². The average molecular weight is 678 g/mol. The highest BCUT2D eigenvalue weighted by Gasteiger charge is 2.52. The van der Waals surface area contributed by atoms with Crippen molar-refractivity contribution >= 4 is 91.3 Å². The van der Waals surface area contributed by atoms with Gasteiger partial charge in [0, 0.05) is 55.1 Å². The number of benzene rings is 7. The number of hydrogen-bond donors (Lipinski definition) is 0. The van der Waals surface area contributed by atoms with Crippen LogP contribution in [0.4, 0.5) is 40.3 Å². The Morgan fingerprint density at radius 1 is 0.404 bits per heavy atom. The third-order valence-corrected chi connectivity index (χ3v) is 11.8. The molecule has 0 atom stereocenters. The zero-order valence-corrected chi connectivity index (χ0v) is 27.0. The molecule has 4 aliphatic rings. The number of hydrogen-bond acceptors (Lipinski definition) is 2. The van der Waals surface area contributed by atoms with Gasteiger partial charge in [-0.1, -0.05) is 48.5 Å². The number of halogens is 4. The molecule has 0 spiro atoms. The molecule has 7 aromatic carbocycles. The lowest BCUT2D eigenvalue weighted by Crippen LogP contribution is -2.51. The van der Waals surface area contributed by atoms with Crippen molar-refractivity contribution in [2.24, 2.45) is 0 Å². The van der Waals surface area contributed by atoms with E-state index in [1.165, 1.54) is 24.3 Å². The quantitative estimate of drug-likeness (QED) is 0.118. The monoisotopic (exact) mass is 678 g/mol. The summed E-state index contributed by atoms with van der Waals surface area (Å²) < 4.78 is 65.8. The summed E-state index contributed by atoms with van der Waals surface area (Å²) in [7, 11) is 0. The fourth-order valence-corrected chi connectivity index (χ4v) is 10.1. The van der Waals surface area contributed by atoms with E-state index in [0.29, 0.717) is 0 Å². The largest absolute Gasteiger partial charge is 0.421 e. The Morgan fingerprint density at radius 2 is 0.808 bits per heavy atom. The molecule has 0 radical (unpaired) electrons. The lowest BCUT2D eigenvalue weighted by atomic mass is 9.60. The minimum absolute atomic E-state index is 0.334. The summed E-state index contributed by atoms with van der Waals surface area (Å²) in [6.45, 7) is -0.780. The molecule has 0 bridgehead atoms. The standard InChI is InChI=1S/C42H20B2F4N4/c45-21-9-13-33-27(17-21)25-5-1-3-7-31(25)43-49(33)39-37-30-20-24(48)12-16-36(30)52-42(37)40(38-29-19-23(47)11-15-35(29)51(43)41(38)39)50-34-14-10-22(46)18-28(34)26-6-2-4-8-32(26)44(50)52/h1-20H. The van der Waals surface area contributed by atoms with Crippen LogP contribution < -0.4 is 20.5 Å². The maximum absolute atomic E-state index is 15.5. The van der Waals surface area contributed by atoms with E-state index in [9.17, 15) is 0 Å². The molecule has 0 aliphatic carbocycles. The fraction of sp³-hybridized carbons (Fsp3) is 0. The van der Waals surface area contributed by atoms with Crippen molar-refractivity contribution in [2.45, 2.75) is 0 Å². The summed E-state index contributed by atoms with van der Waals surface area (Å²) in [6.07, 6.45) is 0. The van der Waals surface area contributed by atoms with Crippen molar-refractivity contribution in [3.05, 3.63) is 145 Å². The second-order valence-corrected chi connectivity index (χ2v) is 14.2. The van der Waals surface area contributed by atoms with Gasteiger partial charge in [-0.25, -0.2) is 17.6 Å². The summed E-state index contributed by atoms with van der Waals surface area (Å²) in [6, 6.07) is 35.8. The topological polar surface area (TPSA) is 16.3 Å². The highest BCUT2D eigenvalue weighted by Crippen LogP contribution is 2.60. The molecule has 0 amide bonds. The number of fused-ring (bicyclic) bond motifs is 24. The van der Waals surface area contributed by atoms with Crippen LogP contribution >= 0.6 is 0 Å². The zero-order valence-electron chi connectivity index (χ0n) is 27.0. The van der Waals surface area contributed by atoms with Gasteiger partial charge in [0.05, 0.1) is 22.4 Å². The lowest BCUT2D eigenvalue weighted by Gasteiger charge is -2.36. The summed E-state index contributed by atoms with van der Waals surface area (Å²) in [5, 5.41) is 3.21. The molecular formula is C42H20B2F4N4. The summed E-state index contributed by atoms with van der Waals surface area (Å²) in [4.78, 5) is 4.54. The van der Waals surface area contributed by atoms with Crippen molar-refractivity contribution in [2.75, 3.05) is 9.62 Å². The zero-order chi connectivity index (χ0) is 34.3. The number of nitrogens with zero attached hydrogens (tertiary/aromatic N) is 4. The van der Waals surface area contributed by atoms with Gasteiger partial charge in [0.25, 0.3) is 0 Å². The molecule has 10 heteroatoms. The van der Waals surface area contributed by atoms with E-state index in [-0.39, 0.29) is 23.3 Å². The Bertz CT molecular complexity index is 2970. The number of rotatable bonds is 0. The third kappa shape index (κ3) is 2.95. The number of aromatic nitrogens is 2. The molecular weight excluding hydrogens is 658 g/mol. The van der Waals surface area contributed by atoms with Crippen LogP contribution in [0.25, 0.3) is 65.9 Å². The smallest absolute Gasteiger partial charge is 0.359 e. The van der Waals surface area contributed by atoms with Gasteiger partial charge in [0.2, 0.25) is 0 Å². The molecule has 9 aromatic rings. The molecule has 0 fully saturated rings. The maximum Gasteiger partial charge on any atom is 0.421 e. The van der Waals surface area contributed by atoms with Crippen LogP contribution in [0.1, 0.15) is 0 Å². The van der Waals surface area contributed by atoms with Crippen molar-refractivity contribution in [1.82, 2.24) is 8.96 Å². The van der Waals surface area contributed by atoms with Crippen LogP contribution in [0.5, 0.6) is 0 Å². The highest BCUT2D eigenvalue weighted by molar-refractivity contribution is 6.85. The van der Waals surface area contributed by atoms with Crippen LogP contribution in [0.3, 0.4) is 0 Å². The van der Waals surface area contributed by atoms with E-state index in [4.69, 9.17) is 0 Å². The normalized spacial score (nSPS) is 14.4. The second-order valence-electron chi connectivity index (χ2n) is 14.2. The van der Waals surface area contributed by atoms with Crippen molar-refractivity contribution in [3.63, 3.8) is 0 Å². The van der Waals surface area contributed by atoms with Crippen molar-refractivity contribution in [1.29, 1.82) is 0 Å². The van der Waals surface area contributed by atoms with E-state index in [1.54, 1.807) is 24.3 Å². The molecule has 13 rings (SSSR count). The molecule has 0 saturated carbocycles.